The lowest BCUT2D eigenvalue weighted by atomic mass is 9.71. The Kier molecular flexibility index (Phi) is 11.7. The summed E-state index contributed by atoms with van der Waals surface area (Å²) in [6, 6.07) is 7.91. The second-order valence-corrected chi connectivity index (χ2v) is 11.5. The fraction of sp³-hybridized carbons (Fsp3) is 0.667. The zero-order valence-corrected chi connectivity index (χ0v) is 23.0. The highest BCUT2D eigenvalue weighted by atomic mass is 35.5. The predicted molar refractivity (Wildman–Crippen MR) is 140 cm³/mol. The van der Waals surface area contributed by atoms with Crippen LogP contribution in [0.1, 0.15) is 72.3 Å². The van der Waals surface area contributed by atoms with Crippen LogP contribution >= 0.6 is 11.6 Å². The summed E-state index contributed by atoms with van der Waals surface area (Å²) in [5.41, 5.74) is 1.20. The van der Waals surface area contributed by atoms with Crippen molar-refractivity contribution in [1.29, 1.82) is 0 Å². The minimum atomic E-state index is -0.583. The molecule has 2 N–H and O–H groups in total. The molecule has 2 atom stereocenters. The quantitative estimate of drug-likeness (QED) is 0.516. The van der Waals surface area contributed by atoms with Gasteiger partial charge < -0.3 is 20.3 Å². The molecule has 0 spiro atoms. The zero-order chi connectivity index (χ0) is 26.1. The Morgan fingerprint density at radius 3 is 2.29 bits per heavy atom. The molecule has 0 saturated carbocycles. The van der Waals surface area contributed by atoms with E-state index < -0.39 is 11.5 Å². The molecule has 2 rings (SSSR count). The Morgan fingerprint density at radius 2 is 1.82 bits per heavy atom. The lowest BCUT2D eigenvalue weighted by molar-refractivity contribution is -0.130. The van der Waals surface area contributed by atoms with Crippen LogP contribution in [0.25, 0.3) is 0 Å². The van der Waals surface area contributed by atoms with Crippen molar-refractivity contribution >= 4 is 29.7 Å². The third-order valence-corrected chi connectivity index (χ3v) is 6.96. The highest BCUT2D eigenvalue weighted by Crippen LogP contribution is 2.41. The van der Waals surface area contributed by atoms with E-state index in [2.05, 4.69) is 48.6 Å². The average molecular weight is 494 g/mol. The molecule has 1 aliphatic rings. The maximum Gasteiger partial charge on any atom is 0.225 e. The summed E-state index contributed by atoms with van der Waals surface area (Å²) in [5, 5.41) is 6.06. The van der Waals surface area contributed by atoms with E-state index in [1.807, 2.05) is 26.0 Å². The van der Waals surface area contributed by atoms with Gasteiger partial charge in [0.2, 0.25) is 11.8 Å². The van der Waals surface area contributed by atoms with Gasteiger partial charge in [0.05, 0.1) is 6.04 Å². The number of halogens is 1. The van der Waals surface area contributed by atoms with Crippen LogP contribution in [-0.4, -0.2) is 56.2 Å². The average Bonchev–Trinajstić information content (AvgIpc) is 2.76. The van der Waals surface area contributed by atoms with Gasteiger partial charge in [-0.25, -0.2) is 0 Å². The Bertz CT molecular complexity index is 806. The van der Waals surface area contributed by atoms with Gasteiger partial charge in [-0.1, -0.05) is 65.3 Å². The standard InChI is InChI=1S/C14H20ClN.C13H24N2O3/c1-14(2)10-16(3)9-8-13(14)11-4-6-12(15)7-5-11;1-9(2)10(8-16)15-11(17)6-7-13(3,4)12(18)14-5/h4-7,13H,8-10H2,1-3H3;8-10H,6-7H2,1-5H3,(H,14,18)(H,15,17). The molecule has 1 fully saturated rings. The van der Waals surface area contributed by atoms with E-state index in [0.717, 1.165) is 11.3 Å². The first-order chi connectivity index (χ1) is 15.7. The number of carbonyl (C=O) groups is 3. The van der Waals surface area contributed by atoms with Crippen molar-refractivity contribution in [1.82, 2.24) is 15.5 Å². The van der Waals surface area contributed by atoms with Gasteiger partial charge in [-0.3, -0.25) is 9.59 Å². The van der Waals surface area contributed by atoms with Crippen LogP contribution in [-0.2, 0) is 14.4 Å². The minimum Gasteiger partial charge on any atom is -0.359 e. The fourth-order valence-electron chi connectivity index (χ4n) is 4.43. The number of piperidine rings is 1. The molecule has 7 heteroatoms. The molecule has 34 heavy (non-hydrogen) atoms. The second-order valence-electron chi connectivity index (χ2n) is 11.1. The van der Waals surface area contributed by atoms with Crippen molar-refractivity contribution < 1.29 is 14.4 Å². The van der Waals surface area contributed by atoms with Gasteiger partial charge in [0.1, 0.15) is 6.29 Å². The van der Waals surface area contributed by atoms with Gasteiger partial charge in [-0.15, -0.1) is 0 Å². The topological polar surface area (TPSA) is 78.5 Å². The van der Waals surface area contributed by atoms with E-state index in [-0.39, 0.29) is 24.2 Å². The second kappa shape index (κ2) is 13.2. The number of aldehydes is 1. The van der Waals surface area contributed by atoms with E-state index in [9.17, 15) is 14.4 Å². The van der Waals surface area contributed by atoms with Crippen LogP contribution in [0, 0.1) is 16.7 Å². The first kappa shape index (κ1) is 30.1. The van der Waals surface area contributed by atoms with Gasteiger partial charge in [0.25, 0.3) is 0 Å². The van der Waals surface area contributed by atoms with Crippen molar-refractivity contribution in [3.8, 4) is 0 Å². The number of hydrogen-bond acceptors (Lipinski definition) is 4. The summed E-state index contributed by atoms with van der Waals surface area (Å²) in [7, 11) is 3.78. The van der Waals surface area contributed by atoms with E-state index >= 15 is 0 Å². The van der Waals surface area contributed by atoms with Crippen molar-refractivity contribution in [3.63, 3.8) is 0 Å². The SMILES string of the molecule is CN1CCC(c2ccc(Cl)cc2)C(C)(C)C1.CNC(=O)C(C)(C)CCC(=O)NC(C=O)C(C)C. The highest BCUT2D eigenvalue weighted by Gasteiger charge is 2.35. The smallest absolute Gasteiger partial charge is 0.225 e. The van der Waals surface area contributed by atoms with Crippen LogP contribution in [0.2, 0.25) is 5.02 Å². The maximum absolute atomic E-state index is 11.7. The van der Waals surface area contributed by atoms with Gasteiger partial charge in [-0.05, 0) is 61.4 Å². The summed E-state index contributed by atoms with van der Waals surface area (Å²) in [6.45, 7) is 14.4. The molecule has 0 bridgehead atoms. The zero-order valence-electron chi connectivity index (χ0n) is 22.2. The monoisotopic (exact) mass is 493 g/mol. The molecule has 1 aliphatic heterocycles. The third kappa shape index (κ3) is 9.38. The lowest BCUT2D eigenvalue weighted by Crippen LogP contribution is -2.42. The van der Waals surface area contributed by atoms with E-state index in [0.29, 0.717) is 17.8 Å². The maximum atomic E-state index is 11.7. The van der Waals surface area contributed by atoms with E-state index in [1.165, 1.54) is 25.1 Å². The van der Waals surface area contributed by atoms with Crippen LogP contribution in [0.3, 0.4) is 0 Å². The Balaban J connectivity index is 0.000000341. The summed E-state index contributed by atoms with van der Waals surface area (Å²) in [4.78, 5) is 36.4. The van der Waals surface area contributed by atoms with Crippen molar-refractivity contribution in [3.05, 3.63) is 34.9 Å². The van der Waals surface area contributed by atoms with E-state index in [1.54, 1.807) is 20.9 Å². The molecule has 1 aromatic rings. The normalized spacial score (nSPS) is 18.9. The van der Waals surface area contributed by atoms with Crippen molar-refractivity contribution in [2.24, 2.45) is 16.7 Å². The molecule has 1 heterocycles. The molecule has 0 aromatic heterocycles. The predicted octanol–water partition coefficient (Wildman–Crippen LogP) is 4.66. The molecular weight excluding hydrogens is 450 g/mol. The van der Waals surface area contributed by atoms with Gasteiger partial charge >= 0.3 is 0 Å². The molecule has 2 amide bonds. The number of hydrogen-bond donors (Lipinski definition) is 2. The molecule has 0 aliphatic carbocycles. The Labute approximate surface area is 211 Å². The molecule has 1 aromatic carbocycles. The molecule has 6 nitrogen and oxygen atoms in total. The number of rotatable bonds is 8. The lowest BCUT2D eigenvalue weighted by Gasteiger charge is -2.43. The fourth-order valence-corrected chi connectivity index (χ4v) is 4.56. The largest absolute Gasteiger partial charge is 0.359 e. The molecule has 2 unspecified atom stereocenters. The summed E-state index contributed by atoms with van der Waals surface area (Å²) in [5.74, 6) is 0.434. The summed E-state index contributed by atoms with van der Waals surface area (Å²) < 4.78 is 0. The number of amides is 2. The highest BCUT2D eigenvalue weighted by molar-refractivity contribution is 6.30. The van der Waals surface area contributed by atoms with Crippen LogP contribution in [0.5, 0.6) is 0 Å². The number of benzene rings is 1. The van der Waals surface area contributed by atoms with E-state index in [4.69, 9.17) is 11.6 Å². The number of likely N-dealkylation sites (tertiary alicyclic amines) is 1. The summed E-state index contributed by atoms with van der Waals surface area (Å²) >= 11 is 5.94. The van der Waals surface area contributed by atoms with Gasteiger partial charge in [0, 0.05) is 30.5 Å². The van der Waals surface area contributed by atoms with Crippen LogP contribution in [0.15, 0.2) is 24.3 Å². The first-order valence-corrected chi connectivity index (χ1v) is 12.5. The van der Waals surface area contributed by atoms with Crippen molar-refractivity contribution in [2.75, 3.05) is 27.2 Å². The minimum absolute atomic E-state index is 0.0680. The first-order valence-electron chi connectivity index (χ1n) is 12.1. The van der Waals surface area contributed by atoms with Crippen LogP contribution < -0.4 is 10.6 Å². The number of carbonyl (C=O) groups excluding carboxylic acids is 3. The molecular formula is C27H44ClN3O3. The Hall–Kier alpha value is -1.92. The third-order valence-electron chi connectivity index (χ3n) is 6.70. The number of nitrogens with zero attached hydrogens (tertiary/aromatic N) is 1. The molecule has 192 valence electrons. The summed E-state index contributed by atoms with van der Waals surface area (Å²) in [6.07, 6.45) is 2.66. The molecule has 1 saturated heterocycles. The number of nitrogens with one attached hydrogen (secondary N) is 2. The Morgan fingerprint density at radius 1 is 1.24 bits per heavy atom. The van der Waals surface area contributed by atoms with Gasteiger partial charge in [-0.2, -0.15) is 0 Å². The molecule has 0 radical (unpaired) electrons. The van der Waals surface area contributed by atoms with Crippen molar-refractivity contribution in [2.45, 2.75) is 72.8 Å². The van der Waals surface area contributed by atoms with Gasteiger partial charge in [0.15, 0.2) is 0 Å². The van der Waals surface area contributed by atoms with Crippen LogP contribution in [0.4, 0.5) is 0 Å².